The summed E-state index contributed by atoms with van der Waals surface area (Å²) in [7, 11) is 0. The van der Waals surface area contributed by atoms with Crippen molar-refractivity contribution in [3.63, 3.8) is 0 Å². The molecule has 2 aliphatic rings. The molecule has 0 aromatic heterocycles. The second kappa shape index (κ2) is 4.16. The van der Waals surface area contributed by atoms with Crippen LogP contribution in [-0.2, 0) is 4.74 Å². The minimum Gasteiger partial charge on any atom is -0.444 e. The fraction of sp³-hybridized carbons (Fsp3) is 0.923. The van der Waals surface area contributed by atoms with E-state index in [9.17, 15) is 9.90 Å². The maximum Gasteiger partial charge on any atom is 0.410 e. The molecular weight excluding hydrogens is 218 g/mol. The maximum absolute atomic E-state index is 11.7. The predicted octanol–water partition coefficient (Wildman–Crippen LogP) is 2.16. The van der Waals surface area contributed by atoms with Crippen LogP contribution in [0.3, 0.4) is 0 Å². The van der Waals surface area contributed by atoms with Crippen molar-refractivity contribution in [2.75, 3.05) is 13.1 Å². The van der Waals surface area contributed by atoms with Crippen molar-refractivity contribution < 1.29 is 14.6 Å². The molecule has 1 N–H and O–H groups in total. The lowest BCUT2D eigenvalue weighted by atomic mass is 9.93. The van der Waals surface area contributed by atoms with E-state index in [0.717, 1.165) is 38.8 Å². The van der Waals surface area contributed by atoms with Crippen molar-refractivity contribution in [1.29, 1.82) is 0 Å². The van der Waals surface area contributed by atoms with Gasteiger partial charge in [0.25, 0.3) is 0 Å². The monoisotopic (exact) mass is 241 g/mol. The van der Waals surface area contributed by atoms with Crippen molar-refractivity contribution in [3.05, 3.63) is 0 Å². The molecule has 2 fully saturated rings. The Hall–Kier alpha value is -0.770. The number of aliphatic hydroxyl groups is 1. The molecule has 98 valence electrons. The summed E-state index contributed by atoms with van der Waals surface area (Å²) in [6, 6.07) is 0. The van der Waals surface area contributed by atoms with Crippen LogP contribution < -0.4 is 0 Å². The Morgan fingerprint density at radius 2 is 2.00 bits per heavy atom. The van der Waals surface area contributed by atoms with Gasteiger partial charge in [0.2, 0.25) is 0 Å². The molecule has 1 aliphatic heterocycles. The quantitative estimate of drug-likeness (QED) is 0.823. The Bertz CT molecular complexity index is 298. The summed E-state index contributed by atoms with van der Waals surface area (Å²) >= 11 is 0. The van der Waals surface area contributed by atoms with Gasteiger partial charge in [-0.3, -0.25) is 0 Å². The SMILES string of the molecule is CC(C)(C)OC(=O)N1CC(CCC2(O)CC2)C1. The third kappa shape index (κ3) is 3.60. The fourth-order valence-electron chi connectivity index (χ4n) is 2.10. The average molecular weight is 241 g/mol. The van der Waals surface area contributed by atoms with Crippen LogP contribution in [0.1, 0.15) is 46.5 Å². The summed E-state index contributed by atoms with van der Waals surface area (Å²) < 4.78 is 5.29. The Morgan fingerprint density at radius 3 is 2.47 bits per heavy atom. The summed E-state index contributed by atoms with van der Waals surface area (Å²) in [5, 5.41) is 9.72. The van der Waals surface area contributed by atoms with E-state index in [0.29, 0.717) is 5.92 Å². The molecule has 4 heteroatoms. The normalized spacial score (nSPS) is 23.2. The van der Waals surface area contributed by atoms with Gasteiger partial charge in [-0.05, 0) is 52.4 Å². The second-order valence-electron chi connectivity index (χ2n) is 6.51. The van der Waals surface area contributed by atoms with Gasteiger partial charge in [-0.15, -0.1) is 0 Å². The van der Waals surface area contributed by atoms with Crippen LogP contribution in [0.25, 0.3) is 0 Å². The van der Waals surface area contributed by atoms with Gasteiger partial charge in [-0.25, -0.2) is 4.79 Å². The number of rotatable bonds is 3. The highest BCUT2D eigenvalue weighted by Gasteiger charge is 2.42. The van der Waals surface area contributed by atoms with Crippen LogP contribution in [0.4, 0.5) is 4.79 Å². The molecule has 2 rings (SSSR count). The lowest BCUT2D eigenvalue weighted by molar-refractivity contribution is -0.00458. The molecule has 1 aliphatic carbocycles. The standard InChI is InChI=1S/C13H23NO3/c1-12(2,3)17-11(15)14-8-10(9-14)4-5-13(16)6-7-13/h10,16H,4-9H2,1-3H3. The van der Waals surface area contributed by atoms with Crippen LogP contribution in [0.2, 0.25) is 0 Å². The molecule has 0 aromatic carbocycles. The van der Waals surface area contributed by atoms with E-state index in [1.54, 1.807) is 4.90 Å². The molecule has 0 bridgehead atoms. The highest BCUT2D eigenvalue weighted by atomic mass is 16.6. The lowest BCUT2D eigenvalue weighted by Crippen LogP contribution is -2.51. The largest absolute Gasteiger partial charge is 0.444 e. The maximum atomic E-state index is 11.7. The first-order valence-corrected chi connectivity index (χ1v) is 6.48. The van der Waals surface area contributed by atoms with Crippen molar-refractivity contribution in [2.45, 2.75) is 57.7 Å². The number of hydrogen-bond donors (Lipinski definition) is 1. The Morgan fingerprint density at radius 1 is 1.41 bits per heavy atom. The first-order chi connectivity index (χ1) is 7.77. The fourth-order valence-corrected chi connectivity index (χ4v) is 2.10. The first-order valence-electron chi connectivity index (χ1n) is 6.48. The van der Waals surface area contributed by atoms with Crippen molar-refractivity contribution in [3.8, 4) is 0 Å². The zero-order valence-electron chi connectivity index (χ0n) is 11.0. The molecule has 0 atom stereocenters. The van der Waals surface area contributed by atoms with E-state index in [4.69, 9.17) is 4.74 Å². The number of likely N-dealkylation sites (tertiary alicyclic amines) is 1. The molecule has 0 spiro atoms. The van der Waals surface area contributed by atoms with Crippen molar-refractivity contribution in [1.82, 2.24) is 4.90 Å². The number of nitrogens with zero attached hydrogens (tertiary/aromatic N) is 1. The van der Waals surface area contributed by atoms with Gasteiger partial charge < -0.3 is 14.7 Å². The third-order valence-electron chi connectivity index (χ3n) is 3.45. The van der Waals surface area contributed by atoms with Crippen molar-refractivity contribution in [2.24, 2.45) is 5.92 Å². The smallest absolute Gasteiger partial charge is 0.410 e. The van der Waals surface area contributed by atoms with Gasteiger partial charge in [0.15, 0.2) is 0 Å². The van der Waals surface area contributed by atoms with Crippen LogP contribution in [-0.4, -0.2) is 40.4 Å². The summed E-state index contributed by atoms with van der Waals surface area (Å²) in [5.41, 5.74) is -0.766. The first kappa shape index (κ1) is 12.7. The molecule has 0 radical (unpaired) electrons. The second-order valence-corrected chi connectivity index (χ2v) is 6.51. The molecule has 0 unspecified atom stereocenters. The molecule has 0 aromatic rings. The van der Waals surface area contributed by atoms with Gasteiger partial charge >= 0.3 is 6.09 Å². The molecule has 1 saturated carbocycles. The molecular formula is C13H23NO3. The van der Waals surface area contributed by atoms with E-state index >= 15 is 0 Å². The highest BCUT2D eigenvalue weighted by molar-refractivity contribution is 5.69. The zero-order chi connectivity index (χ0) is 12.7. The minimum absolute atomic E-state index is 0.209. The van der Waals surface area contributed by atoms with E-state index in [1.165, 1.54) is 0 Å². The van der Waals surface area contributed by atoms with E-state index in [2.05, 4.69) is 0 Å². The number of hydrogen-bond acceptors (Lipinski definition) is 3. The van der Waals surface area contributed by atoms with Gasteiger partial charge in [0.05, 0.1) is 5.60 Å². The van der Waals surface area contributed by atoms with Crippen LogP contribution >= 0.6 is 0 Å². The highest BCUT2D eigenvalue weighted by Crippen LogP contribution is 2.41. The van der Waals surface area contributed by atoms with Gasteiger partial charge in [0.1, 0.15) is 5.60 Å². The number of carbonyl (C=O) groups excluding carboxylic acids is 1. The van der Waals surface area contributed by atoms with Crippen molar-refractivity contribution >= 4 is 6.09 Å². The topological polar surface area (TPSA) is 49.8 Å². The summed E-state index contributed by atoms with van der Waals surface area (Å²) in [6.45, 7) is 7.20. The summed E-state index contributed by atoms with van der Waals surface area (Å²) in [6.07, 6.45) is 3.61. The van der Waals surface area contributed by atoms with Crippen LogP contribution in [0.5, 0.6) is 0 Å². The zero-order valence-corrected chi connectivity index (χ0v) is 11.0. The number of carbonyl (C=O) groups is 1. The molecule has 4 nitrogen and oxygen atoms in total. The van der Waals surface area contributed by atoms with Gasteiger partial charge in [0, 0.05) is 13.1 Å². The van der Waals surface area contributed by atoms with E-state index in [1.807, 2.05) is 20.8 Å². The van der Waals surface area contributed by atoms with Crippen LogP contribution in [0, 0.1) is 5.92 Å². The molecule has 1 saturated heterocycles. The third-order valence-corrected chi connectivity index (χ3v) is 3.45. The van der Waals surface area contributed by atoms with Crippen LogP contribution in [0.15, 0.2) is 0 Å². The molecule has 17 heavy (non-hydrogen) atoms. The van der Waals surface area contributed by atoms with Gasteiger partial charge in [-0.2, -0.15) is 0 Å². The van der Waals surface area contributed by atoms with E-state index in [-0.39, 0.29) is 11.7 Å². The molecule has 1 heterocycles. The Labute approximate surface area is 103 Å². The Kier molecular flexibility index (Phi) is 3.10. The number of amides is 1. The predicted molar refractivity (Wildman–Crippen MR) is 64.7 cm³/mol. The number of ether oxygens (including phenoxy) is 1. The summed E-state index contributed by atoms with van der Waals surface area (Å²) in [4.78, 5) is 13.4. The van der Waals surface area contributed by atoms with Gasteiger partial charge in [-0.1, -0.05) is 0 Å². The lowest BCUT2D eigenvalue weighted by Gasteiger charge is -2.40. The minimum atomic E-state index is -0.411. The summed E-state index contributed by atoms with van der Waals surface area (Å²) in [5.74, 6) is 0.548. The van der Waals surface area contributed by atoms with E-state index < -0.39 is 5.60 Å². The molecule has 1 amide bonds. The Balaban J connectivity index is 1.63. The average Bonchev–Trinajstić information content (AvgIpc) is 2.77.